The summed E-state index contributed by atoms with van der Waals surface area (Å²) in [6, 6.07) is 10.8. The van der Waals surface area contributed by atoms with E-state index in [1.165, 1.54) is 0 Å². The van der Waals surface area contributed by atoms with Crippen molar-refractivity contribution in [3.05, 3.63) is 54.0 Å². The van der Waals surface area contributed by atoms with Crippen LogP contribution < -0.4 is 15.0 Å². The number of hydrogen-bond acceptors (Lipinski definition) is 4. The lowest BCUT2D eigenvalue weighted by molar-refractivity contribution is -0.120. The molecule has 2 aromatic heterocycles. The number of aryl methyl sites for hydroxylation is 1. The number of likely N-dealkylation sites (N-methyl/N-ethyl adjacent to an activating group) is 1. The molecular formula is C18H16N4O3. The van der Waals surface area contributed by atoms with Crippen LogP contribution in [0.5, 0.6) is 5.75 Å². The van der Waals surface area contributed by atoms with Crippen LogP contribution in [0.3, 0.4) is 0 Å². The van der Waals surface area contributed by atoms with Gasteiger partial charge in [-0.05, 0) is 31.2 Å². The third-order valence-electron chi connectivity index (χ3n) is 4.22. The van der Waals surface area contributed by atoms with E-state index in [1.54, 1.807) is 47.7 Å². The Morgan fingerprint density at radius 2 is 2.12 bits per heavy atom. The molecule has 3 aromatic rings. The highest BCUT2D eigenvalue weighted by Gasteiger charge is 2.23. The van der Waals surface area contributed by atoms with Crippen LogP contribution in [0.4, 0.5) is 11.4 Å². The molecule has 0 bridgehead atoms. The van der Waals surface area contributed by atoms with Crippen LogP contribution in [0.1, 0.15) is 16.2 Å². The highest BCUT2D eigenvalue weighted by atomic mass is 16.5. The predicted molar refractivity (Wildman–Crippen MR) is 93.2 cm³/mol. The largest absolute Gasteiger partial charge is 0.481 e. The highest BCUT2D eigenvalue weighted by molar-refractivity contribution is 6.05. The summed E-state index contributed by atoms with van der Waals surface area (Å²) < 4.78 is 7.21. The van der Waals surface area contributed by atoms with Gasteiger partial charge in [-0.1, -0.05) is 6.07 Å². The molecule has 7 heteroatoms. The van der Waals surface area contributed by atoms with Gasteiger partial charge in [0.15, 0.2) is 6.61 Å². The average molecular weight is 336 g/mol. The minimum Gasteiger partial charge on any atom is -0.481 e. The normalized spacial score (nSPS) is 13.5. The van der Waals surface area contributed by atoms with Crippen molar-refractivity contribution in [2.45, 2.75) is 6.92 Å². The molecule has 1 N–H and O–H groups in total. The maximum Gasteiger partial charge on any atom is 0.274 e. The lowest BCUT2D eigenvalue weighted by Crippen LogP contribution is -2.35. The minimum atomic E-state index is -0.253. The number of carbonyl (C=O) groups excluding carboxylic acids is 2. The molecule has 0 unspecified atom stereocenters. The highest BCUT2D eigenvalue weighted by Crippen LogP contribution is 2.33. The smallest absolute Gasteiger partial charge is 0.274 e. The fourth-order valence-electron chi connectivity index (χ4n) is 2.93. The van der Waals surface area contributed by atoms with Gasteiger partial charge in [-0.2, -0.15) is 0 Å². The Kier molecular flexibility index (Phi) is 3.42. The number of nitrogens with one attached hydrogen (secondary N) is 1. The minimum absolute atomic E-state index is 0.00668. The van der Waals surface area contributed by atoms with Crippen LogP contribution in [-0.4, -0.2) is 34.9 Å². The summed E-state index contributed by atoms with van der Waals surface area (Å²) in [5.41, 5.74) is 3.14. The van der Waals surface area contributed by atoms with E-state index in [1.807, 2.05) is 18.2 Å². The van der Waals surface area contributed by atoms with Gasteiger partial charge >= 0.3 is 0 Å². The Bertz CT molecular complexity index is 1010. The van der Waals surface area contributed by atoms with E-state index in [4.69, 9.17) is 4.74 Å². The van der Waals surface area contributed by atoms with Crippen molar-refractivity contribution < 1.29 is 14.3 Å². The summed E-state index contributed by atoms with van der Waals surface area (Å²) >= 11 is 0. The van der Waals surface area contributed by atoms with Gasteiger partial charge in [0.05, 0.1) is 11.4 Å². The molecule has 7 nitrogen and oxygen atoms in total. The van der Waals surface area contributed by atoms with Gasteiger partial charge in [0.1, 0.15) is 17.1 Å². The number of aromatic nitrogens is 2. The van der Waals surface area contributed by atoms with Crippen molar-refractivity contribution in [3.63, 3.8) is 0 Å². The number of pyridine rings is 1. The van der Waals surface area contributed by atoms with Crippen molar-refractivity contribution in [1.82, 2.24) is 9.38 Å². The maximum atomic E-state index is 12.7. The molecule has 0 fully saturated rings. The Labute approximate surface area is 143 Å². The fourth-order valence-corrected chi connectivity index (χ4v) is 2.93. The summed E-state index contributed by atoms with van der Waals surface area (Å²) in [6.45, 7) is 1.80. The van der Waals surface area contributed by atoms with E-state index in [-0.39, 0.29) is 18.4 Å². The van der Waals surface area contributed by atoms with Crippen LogP contribution in [-0.2, 0) is 4.79 Å². The topological polar surface area (TPSA) is 75.9 Å². The number of nitrogens with zero attached hydrogens (tertiary/aromatic N) is 3. The molecule has 4 rings (SSSR count). The molecule has 25 heavy (non-hydrogen) atoms. The first-order chi connectivity index (χ1) is 12.0. The SMILES string of the molecule is Cc1nc2ccccn2c1C(=O)Nc1ccc2c(c1)OCC(=O)N2C. The first kappa shape index (κ1) is 15.2. The van der Waals surface area contributed by atoms with E-state index < -0.39 is 0 Å². The van der Waals surface area contributed by atoms with Gasteiger partial charge in [-0.25, -0.2) is 4.98 Å². The number of fused-ring (bicyclic) bond motifs is 2. The van der Waals surface area contributed by atoms with E-state index >= 15 is 0 Å². The zero-order valence-corrected chi connectivity index (χ0v) is 13.8. The van der Waals surface area contributed by atoms with Crippen LogP contribution in [0, 0.1) is 6.92 Å². The quantitative estimate of drug-likeness (QED) is 0.779. The van der Waals surface area contributed by atoms with Crippen molar-refractivity contribution in [2.24, 2.45) is 0 Å². The second-order valence-corrected chi connectivity index (χ2v) is 5.85. The molecular weight excluding hydrogens is 320 g/mol. The third kappa shape index (κ3) is 2.50. The lowest BCUT2D eigenvalue weighted by Gasteiger charge is -2.26. The van der Waals surface area contributed by atoms with Gasteiger partial charge in [0.25, 0.3) is 11.8 Å². The monoisotopic (exact) mass is 336 g/mol. The Morgan fingerprint density at radius 3 is 2.96 bits per heavy atom. The first-order valence-corrected chi connectivity index (χ1v) is 7.83. The van der Waals surface area contributed by atoms with Gasteiger partial charge in [-0.3, -0.25) is 14.0 Å². The van der Waals surface area contributed by atoms with E-state index in [0.29, 0.717) is 28.5 Å². The number of hydrogen-bond donors (Lipinski definition) is 1. The Hall–Kier alpha value is -3.35. The summed E-state index contributed by atoms with van der Waals surface area (Å²) in [5, 5.41) is 2.87. The molecule has 0 aliphatic carbocycles. The molecule has 0 atom stereocenters. The van der Waals surface area contributed by atoms with E-state index in [9.17, 15) is 9.59 Å². The summed E-state index contributed by atoms with van der Waals surface area (Å²) in [6.07, 6.45) is 1.81. The number of benzene rings is 1. The Morgan fingerprint density at radius 1 is 1.28 bits per heavy atom. The summed E-state index contributed by atoms with van der Waals surface area (Å²) in [5.74, 6) is 0.205. The summed E-state index contributed by atoms with van der Waals surface area (Å²) in [7, 11) is 1.70. The molecule has 0 spiro atoms. The molecule has 2 amide bonds. The van der Waals surface area contributed by atoms with Gasteiger partial charge in [0, 0.05) is 25.0 Å². The van der Waals surface area contributed by atoms with E-state index in [2.05, 4.69) is 10.3 Å². The van der Waals surface area contributed by atoms with Crippen LogP contribution in [0.2, 0.25) is 0 Å². The first-order valence-electron chi connectivity index (χ1n) is 7.83. The second kappa shape index (κ2) is 5.62. The molecule has 1 aliphatic heterocycles. The molecule has 0 radical (unpaired) electrons. The third-order valence-corrected chi connectivity index (χ3v) is 4.22. The van der Waals surface area contributed by atoms with Gasteiger partial charge in [0.2, 0.25) is 0 Å². The number of amides is 2. The van der Waals surface area contributed by atoms with Gasteiger partial charge < -0.3 is 15.0 Å². The molecule has 1 aromatic carbocycles. The number of ether oxygens (including phenoxy) is 1. The summed E-state index contributed by atoms with van der Waals surface area (Å²) in [4.78, 5) is 30.3. The van der Waals surface area contributed by atoms with Crippen molar-refractivity contribution in [2.75, 3.05) is 23.9 Å². The standard InChI is InChI=1S/C18H16N4O3/c1-11-17(22-8-4-3-5-15(22)19-11)18(24)20-12-6-7-13-14(9-12)25-10-16(23)21(13)2/h3-9H,10H2,1-2H3,(H,20,24). The fraction of sp³-hybridized carbons (Fsp3) is 0.167. The molecule has 0 saturated heterocycles. The van der Waals surface area contributed by atoms with E-state index in [0.717, 1.165) is 5.65 Å². The lowest BCUT2D eigenvalue weighted by atomic mass is 10.2. The number of anilines is 2. The van der Waals surface area contributed by atoms with Crippen molar-refractivity contribution in [1.29, 1.82) is 0 Å². The van der Waals surface area contributed by atoms with Gasteiger partial charge in [-0.15, -0.1) is 0 Å². The van der Waals surface area contributed by atoms with Crippen LogP contribution in [0.15, 0.2) is 42.6 Å². The van der Waals surface area contributed by atoms with Crippen molar-refractivity contribution >= 4 is 28.8 Å². The predicted octanol–water partition coefficient (Wildman–Crippen LogP) is 2.25. The molecule has 0 saturated carbocycles. The molecule has 126 valence electrons. The average Bonchev–Trinajstić information content (AvgIpc) is 2.94. The number of carbonyl (C=O) groups is 2. The zero-order chi connectivity index (χ0) is 17.6. The zero-order valence-electron chi connectivity index (χ0n) is 13.8. The van der Waals surface area contributed by atoms with Crippen LogP contribution in [0.25, 0.3) is 5.65 Å². The Balaban J connectivity index is 1.65. The number of imidazole rings is 1. The second-order valence-electron chi connectivity index (χ2n) is 5.85. The molecule has 1 aliphatic rings. The van der Waals surface area contributed by atoms with Crippen LogP contribution >= 0.6 is 0 Å². The molecule has 3 heterocycles. The number of rotatable bonds is 2. The van der Waals surface area contributed by atoms with Crippen molar-refractivity contribution in [3.8, 4) is 5.75 Å². The maximum absolute atomic E-state index is 12.7.